The molecule has 0 aliphatic rings. The number of carbonyl (C=O) groups excluding carboxylic acids is 1. The van der Waals surface area contributed by atoms with Gasteiger partial charge in [0.25, 0.3) is 0 Å². The molecule has 0 bridgehead atoms. The maximum atomic E-state index is 12.2. The van der Waals surface area contributed by atoms with Crippen molar-refractivity contribution in [3.05, 3.63) is 65.5 Å². The standard InChI is InChI=1S/C17H17NOSi/c1-20(2,3)13-10-14-4-6-15(7-5-14)17(19)16-8-11-18-12-9-16/h4-9,11-12H,1-3H3. The van der Waals surface area contributed by atoms with E-state index in [1.807, 2.05) is 24.3 Å². The van der Waals surface area contributed by atoms with Crippen LogP contribution in [0.5, 0.6) is 0 Å². The largest absolute Gasteiger partial charge is 0.289 e. The molecule has 0 spiro atoms. The van der Waals surface area contributed by atoms with Gasteiger partial charge >= 0.3 is 0 Å². The van der Waals surface area contributed by atoms with E-state index in [-0.39, 0.29) is 5.78 Å². The molecule has 0 amide bonds. The van der Waals surface area contributed by atoms with E-state index in [1.165, 1.54) is 0 Å². The van der Waals surface area contributed by atoms with Crippen LogP contribution in [0.2, 0.25) is 19.6 Å². The lowest BCUT2D eigenvalue weighted by Crippen LogP contribution is -2.16. The summed E-state index contributed by atoms with van der Waals surface area (Å²) in [4.78, 5) is 16.1. The second-order valence-electron chi connectivity index (χ2n) is 5.64. The van der Waals surface area contributed by atoms with Crippen LogP contribution >= 0.6 is 0 Å². The van der Waals surface area contributed by atoms with Crippen LogP contribution in [0.25, 0.3) is 0 Å². The molecule has 0 aliphatic heterocycles. The van der Waals surface area contributed by atoms with E-state index in [2.05, 4.69) is 36.1 Å². The van der Waals surface area contributed by atoms with Gasteiger partial charge in [-0.05, 0) is 36.4 Å². The molecule has 100 valence electrons. The Morgan fingerprint density at radius 1 is 0.950 bits per heavy atom. The first-order chi connectivity index (χ1) is 9.46. The van der Waals surface area contributed by atoms with E-state index >= 15 is 0 Å². The van der Waals surface area contributed by atoms with Crippen LogP contribution < -0.4 is 0 Å². The number of carbonyl (C=O) groups is 1. The summed E-state index contributed by atoms with van der Waals surface area (Å²) in [6.07, 6.45) is 3.25. The summed E-state index contributed by atoms with van der Waals surface area (Å²) < 4.78 is 0. The summed E-state index contributed by atoms with van der Waals surface area (Å²) in [5, 5.41) is 0. The molecule has 0 fully saturated rings. The maximum Gasteiger partial charge on any atom is 0.193 e. The number of rotatable bonds is 2. The smallest absolute Gasteiger partial charge is 0.193 e. The van der Waals surface area contributed by atoms with Crippen molar-refractivity contribution in [3.8, 4) is 11.5 Å². The molecule has 1 heterocycles. The number of benzene rings is 1. The first-order valence-corrected chi connectivity index (χ1v) is 10.0. The van der Waals surface area contributed by atoms with Crippen molar-refractivity contribution in [1.29, 1.82) is 0 Å². The molecule has 1 aromatic heterocycles. The minimum atomic E-state index is -1.36. The van der Waals surface area contributed by atoms with Crippen LogP contribution in [-0.2, 0) is 0 Å². The Balaban J connectivity index is 2.20. The molecule has 0 saturated heterocycles. The van der Waals surface area contributed by atoms with Crippen LogP contribution in [0.15, 0.2) is 48.8 Å². The fourth-order valence-electron chi connectivity index (χ4n) is 1.63. The van der Waals surface area contributed by atoms with Crippen LogP contribution in [0, 0.1) is 11.5 Å². The lowest BCUT2D eigenvalue weighted by Gasteiger charge is -2.04. The zero-order valence-electron chi connectivity index (χ0n) is 12.0. The Morgan fingerprint density at radius 2 is 1.50 bits per heavy atom. The first-order valence-electron chi connectivity index (χ1n) is 6.54. The predicted molar refractivity (Wildman–Crippen MR) is 84.3 cm³/mol. The van der Waals surface area contributed by atoms with Crippen molar-refractivity contribution in [3.63, 3.8) is 0 Å². The highest BCUT2D eigenvalue weighted by atomic mass is 28.3. The normalized spacial score (nSPS) is 10.6. The molecular weight excluding hydrogens is 262 g/mol. The Morgan fingerprint density at radius 3 is 2.05 bits per heavy atom. The van der Waals surface area contributed by atoms with Gasteiger partial charge in [-0.2, -0.15) is 0 Å². The molecule has 1 aromatic carbocycles. The van der Waals surface area contributed by atoms with Gasteiger partial charge in [0.15, 0.2) is 5.78 Å². The van der Waals surface area contributed by atoms with Gasteiger partial charge < -0.3 is 0 Å². The summed E-state index contributed by atoms with van der Waals surface area (Å²) in [6.45, 7) is 6.63. The van der Waals surface area contributed by atoms with Crippen molar-refractivity contribution in [1.82, 2.24) is 4.98 Å². The molecule has 0 unspecified atom stereocenters. The summed E-state index contributed by atoms with van der Waals surface area (Å²) in [7, 11) is -1.36. The quantitative estimate of drug-likeness (QED) is 0.478. The molecule has 2 nitrogen and oxygen atoms in total. The van der Waals surface area contributed by atoms with Crippen molar-refractivity contribution in [2.24, 2.45) is 0 Å². The van der Waals surface area contributed by atoms with Crippen LogP contribution in [0.1, 0.15) is 21.5 Å². The minimum absolute atomic E-state index is 0.0112. The zero-order valence-corrected chi connectivity index (χ0v) is 13.0. The summed E-state index contributed by atoms with van der Waals surface area (Å²) >= 11 is 0. The number of ketones is 1. The molecule has 0 atom stereocenters. The fraction of sp³-hybridized carbons (Fsp3) is 0.176. The highest BCUT2D eigenvalue weighted by Crippen LogP contribution is 2.10. The Bertz CT molecular complexity index is 658. The number of nitrogens with zero attached hydrogens (tertiary/aromatic N) is 1. The predicted octanol–water partition coefficient (Wildman–Crippen LogP) is 3.54. The third-order valence-corrected chi connectivity index (χ3v) is 3.55. The number of pyridine rings is 1. The number of aromatic nitrogens is 1. The van der Waals surface area contributed by atoms with Crippen molar-refractivity contribution in [2.75, 3.05) is 0 Å². The van der Waals surface area contributed by atoms with Crippen LogP contribution in [0.4, 0.5) is 0 Å². The molecule has 20 heavy (non-hydrogen) atoms. The second kappa shape index (κ2) is 5.85. The van der Waals surface area contributed by atoms with Crippen LogP contribution in [-0.4, -0.2) is 18.8 Å². The third kappa shape index (κ3) is 3.91. The average molecular weight is 279 g/mol. The summed E-state index contributed by atoms with van der Waals surface area (Å²) in [5.74, 6) is 3.19. The van der Waals surface area contributed by atoms with Crippen LogP contribution in [0.3, 0.4) is 0 Å². The highest BCUT2D eigenvalue weighted by Gasteiger charge is 2.09. The molecule has 2 aromatic rings. The van der Waals surface area contributed by atoms with Crippen molar-refractivity contribution >= 4 is 13.9 Å². The molecule has 0 radical (unpaired) electrons. The number of hydrogen-bond acceptors (Lipinski definition) is 2. The van der Waals surface area contributed by atoms with Gasteiger partial charge in [0.05, 0.1) is 0 Å². The monoisotopic (exact) mass is 279 g/mol. The molecule has 0 N–H and O–H groups in total. The topological polar surface area (TPSA) is 30.0 Å². The molecule has 3 heteroatoms. The van der Waals surface area contributed by atoms with E-state index in [1.54, 1.807) is 24.5 Å². The van der Waals surface area contributed by atoms with Gasteiger partial charge in [0.2, 0.25) is 0 Å². The maximum absolute atomic E-state index is 12.2. The van der Waals surface area contributed by atoms with Crippen molar-refractivity contribution in [2.45, 2.75) is 19.6 Å². The Hall–Kier alpha value is -2.18. The van der Waals surface area contributed by atoms with Gasteiger partial charge in [-0.3, -0.25) is 9.78 Å². The fourth-order valence-corrected chi connectivity index (χ4v) is 2.15. The summed E-state index contributed by atoms with van der Waals surface area (Å²) in [5.41, 5.74) is 5.60. The average Bonchev–Trinajstić information content (AvgIpc) is 2.45. The van der Waals surface area contributed by atoms with Gasteiger partial charge in [-0.25, -0.2) is 0 Å². The van der Waals surface area contributed by atoms with E-state index in [0.29, 0.717) is 11.1 Å². The van der Waals surface area contributed by atoms with E-state index in [9.17, 15) is 4.79 Å². The van der Waals surface area contributed by atoms with Crippen molar-refractivity contribution < 1.29 is 4.79 Å². The zero-order chi connectivity index (χ0) is 14.6. The lowest BCUT2D eigenvalue weighted by molar-refractivity contribution is 0.103. The Labute approximate surface area is 120 Å². The molecule has 2 rings (SSSR count). The molecule has 0 aliphatic carbocycles. The highest BCUT2D eigenvalue weighted by molar-refractivity contribution is 6.83. The molecular formula is C17H17NOSi. The van der Waals surface area contributed by atoms with E-state index < -0.39 is 8.07 Å². The van der Waals surface area contributed by atoms with Gasteiger partial charge in [-0.1, -0.05) is 25.6 Å². The third-order valence-electron chi connectivity index (χ3n) is 2.67. The van der Waals surface area contributed by atoms with Gasteiger partial charge in [0, 0.05) is 29.1 Å². The van der Waals surface area contributed by atoms with E-state index in [4.69, 9.17) is 0 Å². The minimum Gasteiger partial charge on any atom is -0.289 e. The lowest BCUT2D eigenvalue weighted by atomic mass is 10.0. The van der Waals surface area contributed by atoms with E-state index in [0.717, 1.165) is 5.56 Å². The second-order valence-corrected chi connectivity index (χ2v) is 10.4. The van der Waals surface area contributed by atoms with Gasteiger partial charge in [-0.15, -0.1) is 5.54 Å². The summed E-state index contributed by atoms with van der Waals surface area (Å²) in [6, 6.07) is 10.9. The first kappa shape index (κ1) is 14.2. The molecule has 0 saturated carbocycles. The van der Waals surface area contributed by atoms with Gasteiger partial charge in [0.1, 0.15) is 8.07 Å². The SMILES string of the molecule is C[Si](C)(C)C#Cc1ccc(C(=O)c2ccncc2)cc1. The number of hydrogen-bond donors (Lipinski definition) is 0. The Kier molecular flexibility index (Phi) is 4.16.